The fraction of sp³-hybridized carbons (Fsp3) is 0.684. The fourth-order valence-corrected chi connectivity index (χ4v) is 2.79. The molecule has 144 valence electrons. The zero-order chi connectivity index (χ0) is 19.4. The van der Waals surface area contributed by atoms with Crippen LogP contribution in [-0.2, 0) is 9.59 Å². The lowest BCUT2D eigenvalue weighted by atomic mass is 10.1. The summed E-state index contributed by atoms with van der Waals surface area (Å²) in [4.78, 5) is 37.3. The molecule has 1 aliphatic rings. The smallest absolute Gasteiger partial charge is 0.312 e. The normalized spacial score (nSPS) is 15.1. The van der Waals surface area contributed by atoms with E-state index in [0.717, 1.165) is 17.3 Å². The monoisotopic (exact) mass is 361 g/mol. The Morgan fingerprint density at radius 2 is 1.58 bits per heavy atom. The van der Waals surface area contributed by atoms with Gasteiger partial charge in [0, 0.05) is 49.9 Å². The van der Waals surface area contributed by atoms with E-state index in [9.17, 15) is 9.59 Å². The van der Waals surface area contributed by atoms with Crippen molar-refractivity contribution in [2.75, 3.05) is 31.1 Å². The van der Waals surface area contributed by atoms with Gasteiger partial charge in [-0.05, 0) is 19.8 Å². The van der Waals surface area contributed by atoms with Crippen LogP contribution < -0.4 is 10.2 Å². The Kier molecular flexibility index (Phi) is 6.56. The van der Waals surface area contributed by atoms with Crippen molar-refractivity contribution in [3.63, 3.8) is 0 Å². The number of nitrogens with zero attached hydrogens (tertiary/aromatic N) is 4. The minimum Gasteiger partial charge on any atom is -0.353 e. The molecule has 0 bridgehead atoms. The minimum atomic E-state index is -0.528. The van der Waals surface area contributed by atoms with E-state index in [1.165, 1.54) is 0 Å². The first-order chi connectivity index (χ1) is 12.2. The first kappa shape index (κ1) is 20.1. The second kappa shape index (κ2) is 8.47. The van der Waals surface area contributed by atoms with Crippen molar-refractivity contribution in [2.45, 2.75) is 59.4 Å². The third-order valence-corrected chi connectivity index (χ3v) is 4.36. The van der Waals surface area contributed by atoms with Crippen LogP contribution in [0.25, 0.3) is 0 Å². The van der Waals surface area contributed by atoms with Crippen LogP contribution in [0.3, 0.4) is 0 Å². The van der Waals surface area contributed by atoms with Gasteiger partial charge >= 0.3 is 11.8 Å². The standard InChI is InChI=1S/C19H31N5O2/c1-12(2)15-11-16(22-17(21-15)13(3)4)23-7-9-24(10-8-23)19(26)18(25)20-14(5)6/h11-14H,7-10H2,1-6H3,(H,20,25). The summed E-state index contributed by atoms with van der Waals surface area (Å²) in [6, 6.07) is 2.00. The summed E-state index contributed by atoms with van der Waals surface area (Å²) in [5.74, 6) is 1.37. The van der Waals surface area contributed by atoms with Crippen LogP contribution in [0.2, 0.25) is 0 Å². The van der Waals surface area contributed by atoms with Gasteiger partial charge < -0.3 is 15.1 Å². The van der Waals surface area contributed by atoms with Crippen LogP contribution in [-0.4, -0.2) is 58.9 Å². The van der Waals surface area contributed by atoms with E-state index < -0.39 is 11.8 Å². The first-order valence-corrected chi connectivity index (χ1v) is 9.42. The molecule has 26 heavy (non-hydrogen) atoms. The zero-order valence-electron chi connectivity index (χ0n) is 16.7. The summed E-state index contributed by atoms with van der Waals surface area (Å²) in [6.07, 6.45) is 0. The maximum Gasteiger partial charge on any atom is 0.312 e. The van der Waals surface area contributed by atoms with E-state index in [4.69, 9.17) is 4.98 Å². The molecular weight excluding hydrogens is 330 g/mol. The van der Waals surface area contributed by atoms with Crippen LogP contribution >= 0.6 is 0 Å². The number of anilines is 1. The molecule has 0 unspecified atom stereocenters. The molecule has 0 spiro atoms. The Morgan fingerprint density at radius 1 is 0.962 bits per heavy atom. The van der Waals surface area contributed by atoms with Crippen molar-refractivity contribution in [1.29, 1.82) is 0 Å². The second-order valence-corrected chi connectivity index (χ2v) is 7.73. The highest BCUT2D eigenvalue weighted by atomic mass is 16.2. The highest BCUT2D eigenvalue weighted by Gasteiger charge is 2.27. The van der Waals surface area contributed by atoms with E-state index in [2.05, 4.69) is 42.9 Å². The number of aromatic nitrogens is 2. The van der Waals surface area contributed by atoms with Gasteiger partial charge in [0.15, 0.2) is 0 Å². The molecule has 0 radical (unpaired) electrons. The number of nitrogens with one attached hydrogen (secondary N) is 1. The third-order valence-electron chi connectivity index (χ3n) is 4.36. The second-order valence-electron chi connectivity index (χ2n) is 7.73. The first-order valence-electron chi connectivity index (χ1n) is 9.42. The highest BCUT2D eigenvalue weighted by Crippen LogP contribution is 2.22. The van der Waals surface area contributed by atoms with Gasteiger partial charge in [-0.1, -0.05) is 27.7 Å². The quantitative estimate of drug-likeness (QED) is 0.829. The van der Waals surface area contributed by atoms with Gasteiger partial charge in [-0.3, -0.25) is 9.59 Å². The molecule has 1 aliphatic heterocycles. The van der Waals surface area contributed by atoms with Gasteiger partial charge in [-0.25, -0.2) is 9.97 Å². The Bertz CT molecular complexity index is 623. The summed E-state index contributed by atoms with van der Waals surface area (Å²) in [6.45, 7) is 14.5. The highest BCUT2D eigenvalue weighted by molar-refractivity contribution is 6.35. The number of carbonyl (C=O) groups excluding carboxylic acids is 2. The molecule has 0 aromatic carbocycles. The molecule has 7 nitrogen and oxygen atoms in total. The molecule has 1 aromatic heterocycles. The number of carbonyl (C=O) groups is 2. The Balaban J connectivity index is 2.08. The summed E-state index contributed by atoms with van der Waals surface area (Å²) in [5, 5.41) is 2.66. The van der Waals surface area contributed by atoms with E-state index >= 15 is 0 Å². The number of rotatable bonds is 4. The molecule has 0 atom stereocenters. The summed E-state index contributed by atoms with van der Waals surface area (Å²) < 4.78 is 0. The summed E-state index contributed by atoms with van der Waals surface area (Å²) in [5.41, 5.74) is 1.04. The number of amides is 2. The minimum absolute atomic E-state index is 0.0438. The van der Waals surface area contributed by atoms with Gasteiger partial charge in [0.2, 0.25) is 0 Å². The van der Waals surface area contributed by atoms with Crippen molar-refractivity contribution in [2.24, 2.45) is 0 Å². The van der Waals surface area contributed by atoms with E-state index in [1.807, 2.05) is 19.9 Å². The van der Waals surface area contributed by atoms with Crippen molar-refractivity contribution in [3.8, 4) is 0 Å². The SMILES string of the molecule is CC(C)NC(=O)C(=O)N1CCN(c2cc(C(C)C)nc(C(C)C)n2)CC1. The molecule has 2 rings (SSSR count). The molecule has 2 amide bonds. The van der Waals surface area contributed by atoms with Gasteiger partial charge in [-0.2, -0.15) is 0 Å². The van der Waals surface area contributed by atoms with Gasteiger partial charge in [0.1, 0.15) is 11.6 Å². The van der Waals surface area contributed by atoms with E-state index in [1.54, 1.807) is 4.90 Å². The third kappa shape index (κ3) is 4.93. The fourth-order valence-electron chi connectivity index (χ4n) is 2.79. The average molecular weight is 361 g/mol. The molecule has 0 aliphatic carbocycles. The van der Waals surface area contributed by atoms with E-state index in [0.29, 0.717) is 32.1 Å². The zero-order valence-corrected chi connectivity index (χ0v) is 16.7. The van der Waals surface area contributed by atoms with Crippen LogP contribution in [0.5, 0.6) is 0 Å². The molecule has 1 fully saturated rings. The van der Waals surface area contributed by atoms with Crippen molar-refractivity contribution < 1.29 is 9.59 Å². The van der Waals surface area contributed by atoms with Crippen molar-refractivity contribution in [3.05, 3.63) is 17.6 Å². The Morgan fingerprint density at radius 3 is 2.08 bits per heavy atom. The van der Waals surface area contributed by atoms with Gasteiger partial charge in [0.25, 0.3) is 0 Å². The average Bonchev–Trinajstić information content (AvgIpc) is 2.60. The number of hydrogen-bond acceptors (Lipinski definition) is 5. The van der Waals surface area contributed by atoms with Crippen molar-refractivity contribution >= 4 is 17.6 Å². The predicted molar refractivity (Wildman–Crippen MR) is 102 cm³/mol. The molecule has 0 saturated carbocycles. The van der Waals surface area contributed by atoms with Crippen LogP contribution in [0.1, 0.15) is 64.9 Å². The molecular formula is C19H31N5O2. The van der Waals surface area contributed by atoms with Crippen molar-refractivity contribution in [1.82, 2.24) is 20.2 Å². The lowest BCUT2D eigenvalue weighted by Gasteiger charge is -2.35. The summed E-state index contributed by atoms with van der Waals surface area (Å²) in [7, 11) is 0. The van der Waals surface area contributed by atoms with Crippen LogP contribution in [0.4, 0.5) is 5.82 Å². The van der Waals surface area contributed by atoms with Crippen LogP contribution in [0.15, 0.2) is 6.07 Å². The van der Waals surface area contributed by atoms with Gasteiger partial charge in [0.05, 0.1) is 0 Å². The number of hydrogen-bond donors (Lipinski definition) is 1. The maximum atomic E-state index is 12.2. The van der Waals surface area contributed by atoms with Gasteiger partial charge in [-0.15, -0.1) is 0 Å². The molecule has 1 saturated heterocycles. The molecule has 7 heteroatoms. The summed E-state index contributed by atoms with van der Waals surface area (Å²) >= 11 is 0. The Hall–Kier alpha value is -2.18. The maximum absolute atomic E-state index is 12.2. The molecule has 1 aromatic rings. The molecule has 1 N–H and O–H groups in total. The topological polar surface area (TPSA) is 78.4 Å². The largest absolute Gasteiger partial charge is 0.353 e. The lowest BCUT2D eigenvalue weighted by Crippen LogP contribution is -2.53. The number of piperazine rings is 1. The lowest BCUT2D eigenvalue weighted by molar-refractivity contribution is -0.146. The predicted octanol–water partition coefficient (Wildman–Crippen LogP) is 1.90. The van der Waals surface area contributed by atoms with E-state index in [-0.39, 0.29) is 12.0 Å². The molecule has 2 heterocycles. The Labute approximate surface area is 156 Å². The van der Waals surface area contributed by atoms with Crippen LogP contribution in [0, 0.1) is 0 Å².